The van der Waals surface area contributed by atoms with E-state index in [-0.39, 0.29) is 24.9 Å². The van der Waals surface area contributed by atoms with E-state index in [9.17, 15) is 9.59 Å². The summed E-state index contributed by atoms with van der Waals surface area (Å²) < 4.78 is 11.6. The van der Waals surface area contributed by atoms with E-state index in [1.807, 2.05) is 30.3 Å². The van der Waals surface area contributed by atoms with Gasteiger partial charge in [-0.05, 0) is 30.3 Å². The topological polar surface area (TPSA) is 85.5 Å². The fraction of sp³-hybridized carbons (Fsp3) is 0.100. The standard InChI is InChI=1S/C20H14BrN3O4/c1-12-15-4-2-3-5-16(15)20(26)24(12)10-18(25)27-11-17-22-23-19(28-17)13-6-8-14(21)9-7-13/h2-9H,1,10-11H2. The molecule has 0 aliphatic carbocycles. The number of esters is 1. The Bertz CT molecular complexity index is 1040. The largest absolute Gasteiger partial charge is 0.454 e. The Morgan fingerprint density at radius 3 is 2.54 bits per heavy atom. The maximum Gasteiger partial charge on any atom is 0.326 e. The molecule has 0 bridgehead atoms. The SMILES string of the molecule is C=C1c2ccccc2C(=O)N1CC(=O)OCc1nnc(-c2ccc(Br)cc2)o1. The predicted octanol–water partition coefficient (Wildman–Crippen LogP) is 3.67. The maximum atomic E-state index is 12.4. The quantitative estimate of drug-likeness (QED) is 0.563. The Hall–Kier alpha value is -3.26. The van der Waals surface area contributed by atoms with E-state index in [0.717, 1.165) is 15.6 Å². The number of amides is 1. The number of ether oxygens (including phenoxy) is 1. The van der Waals surface area contributed by atoms with Crippen LogP contribution in [0.1, 0.15) is 21.8 Å². The number of benzene rings is 2. The third kappa shape index (κ3) is 3.46. The van der Waals surface area contributed by atoms with Gasteiger partial charge >= 0.3 is 5.97 Å². The van der Waals surface area contributed by atoms with Gasteiger partial charge in [0, 0.05) is 26.9 Å². The smallest absolute Gasteiger partial charge is 0.326 e. The first kappa shape index (κ1) is 18.1. The van der Waals surface area contributed by atoms with Crippen molar-refractivity contribution in [3.63, 3.8) is 0 Å². The average molecular weight is 440 g/mol. The molecule has 140 valence electrons. The molecule has 0 atom stereocenters. The van der Waals surface area contributed by atoms with Crippen molar-refractivity contribution >= 4 is 33.5 Å². The molecule has 28 heavy (non-hydrogen) atoms. The van der Waals surface area contributed by atoms with E-state index in [2.05, 4.69) is 32.7 Å². The van der Waals surface area contributed by atoms with E-state index < -0.39 is 5.97 Å². The summed E-state index contributed by atoms with van der Waals surface area (Å²) in [6.45, 7) is 3.48. The Morgan fingerprint density at radius 1 is 1.11 bits per heavy atom. The number of halogens is 1. The average Bonchev–Trinajstić information content (AvgIpc) is 3.27. The molecule has 8 heteroatoms. The summed E-state index contributed by atoms with van der Waals surface area (Å²) in [7, 11) is 0. The molecule has 2 heterocycles. The van der Waals surface area contributed by atoms with Crippen molar-refractivity contribution in [1.29, 1.82) is 0 Å². The maximum absolute atomic E-state index is 12.4. The van der Waals surface area contributed by atoms with Gasteiger partial charge in [0.2, 0.25) is 5.89 Å². The molecule has 3 aromatic rings. The second-order valence-corrected chi connectivity index (χ2v) is 6.97. The monoisotopic (exact) mass is 439 g/mol. The Labute approximate surface area is 168 Å². The molecular formula is C20H14BrN3O4. The highest BCUT2D eigenvalue weighted by Gasteiger charge is 2.32. The van der Waals surface area contributed by atoms with Gasteiger partial charge in [-0.25, -0.2) is 0 Å². The summed E-state index contributed by atoms with van der Waals surface area (Å²) in [6.07, 6.45) is 0. The Balaban J connectivity index is 1.36. The lowest BCUT2D eigenvalue weighted by molar-refractivity contribution is -0.145. The zero-order valence-corrected chi connectivity index (χ0v) is 16.2. The minimum absolute atomic E-state index is 0.168. The van der Waals surface area contributed by atoms with E-state index in [4.69, 9.17) is 9.15 Å². The Kier molecular flexibility index (Phi) is 4.79. The summed E-state index contributed by atoms with van der Waals surface area (Å²) >= 11 is 3.36. The number of rotatable bonds is 5. The normalized spacial score (nSPS) is 13.0. The van der Waals surface area contributed by atoms with Crippen LogP contribution in [-0.4, -0.2) is 33.5 Å². The summed E-state index contributed by atoms with van der Waals surface area (Å²) in [6, 6.07) is 14.5. The highest BCUT2D eigenvalue weighted by Crippen LogP contribution is 2.30. The van der Waals surface area contributed by atoms with Gasteiger partial charge in [-0.15, -0.1) is 10.2 Å². The zero-order valence-electron chi connectivity index (χ0n) is 14.6. The van der Waals surface area contributed by atoms with Crippen LogP contribution in [0.15, 0.2) is 64.0 Å². The molecule has 0 spiro atoms. The number of nitrogens with zero attached hydrogens (tertiary/aromatic N) is 3. The van der Waals surface area contributed by atoms with Crippen molar-refractivity contribution < 1.29 is 18.7 Å². The molecule has 1 amide bonds. The lowest BCUT2D eigenvalue weighted by atomic mass is 10.1. The number of aromatic nitrogens is 2. The summed E-state index contributed by atoms with van der Waals surface area (Å²) in [5.74, 6) is -0.364. The summed E-state index contributed by atoms with van der Waals surface area (Å²) in [5, 5.41) is 7.82. The van der Waals surface area contributed by atoms with Gasteiger partial charge in [0.05, 0.1) is 0 Å². The van der Waals surface area contributed by atoms with Crippen LogP contribution < -0.4 is 0 Å². The van der Waals surface area contributed by atoms with Crippen molar-refractivity contribution in [3.8, 4) is 11.5 Å². The molecule has 0 saturated heterocycles. The van der Waals surface area contributed by atoms with Gasteiger partial charge in [-0.1, -0.05) is 40.7 Å². The summed E-state index contributed by atoms with van der Waals surface area (Å²) in [5.41, 5.74) is 2.48. The van der Waals surface area contributed by atoms with Gasteiger partial charge in [0.15, 0.2) is 6.61 Å². The molecule has 1 aliphatic heterocycles. The third-order valence-corrected chi connectivity index (χ3v) is 4.77. The molecule has 0 radical (unpaired) electrons. The molecule has 1 aromatic heterocycles. The second kappa shape index (κ2) is 7.40. The molecule has 2 aromatic carbocycles. The van der Waals surface area contributed by atoms with Crippen LogP contribution in [0.4, 0.5) is 0 Å². The number of hydrogen-bond donors (Lipinski definition) is 0. The molecule has 0 unspecified atom stereocenters. The fourth-order valence-electron chi connectivity index (χ4n) is 2.84. The third-order valence-electron chi connectivity index (χ3n) is 4.24. The molecular weight excluding hydrogens is 426 g/mol. The number of carbonyl (C=O) groups excluding carboxylic acids is 2. The van der Waals surface area contributed by atoms with Gasteiger partial charge in [-0.3, -0.25) is 14.5 Å². The van der Waals surface area contributed by atoms with Crippen molar-refractivity contribution in [3.05, 3.63) is 76.6 Å². The molecule has 0 saturated carbocycles. The number of fused-ring (bicyclic) bond motifs is 1. The van der Waals surface area contributed by atoms with E-state index in [0.29, 0.717) is 17.2 Å². The van der Waals surface area contributed by atoms with Gasteiger partial charge in [0.25, 0.3) is 11.8 Å². The first-order chi connectivity index (χ1) is 13.5. The zero-order chi connectivity index (χ0) is 19.7. The molecule has 1 aliphatic rings. The number of hydrogen-bond acceptors (Lipinski definition) is 6. The van der Waals surface area contributed by atoms with Crippen molar-refractivity contribution in [2.24, 2.45) is 0 Å². The second-order valence-electron chi connectivity index (χ2n) is 6.05. The van der Waals surface area contributed by atoms with Crippen molar-refractivity contribution in [1.82, 2.24) is 15.1 Å². The van der Waals surface area contributed by atoms with Gasteiger partial charge < -0.3 is 9.15 Å². The van der Waals surface area contributed by atoms with E-state index in [1.54, 1.807) is 18.2 Å². The van der Waals surface area contributed by atoms with Crippen LogP contribution in [0.3, 0.4) is 0 Å². The van der Waals surface area contributed by atoms with Crippen LogP contribution in [0, 0.1) is 0 Å². The van der Waals surface area contributed by atoms with Gasteiger partial charge in [0.1, 0.15) is 6.54 Å². The van der Waals surface area contributed by atoms with Crippen molar-refractivity contribution in [2.45, 2.75) is 6.61 Å². The number of carbonyl (C=O) groups is 2. The van der Waals surface area contributed by atoms with Crippen LogP contribution in [0.2, 0.25) is 0 Å². The lowest BCUT2D eigenvalue weighted by Crippen LogP contribution is -2.30. The van der Waals surface area contributed by atoms with Crippen LogP contribution >= 0.6 is 15.9 Å². The molecule has 4 rings (SSSR count). The minimum Gasteiger partial charge on any atom is -0.454 e. The summed E-state index contributed by atoms with van der Waals surface area (Å²) in [4.78, 5) is 25.9. The van der Waals surface area contributed by atoms with Crippen LogP contribution in [0.5, 0.6) is 0 Å². The lowest BCUT2D eigenvalue weighted by Gasteiger charge is -2.15. The molecule has 7 nitrogen and oxygen atoms in total. The first-order valence-electron chi connectivity index (χ1n) is 8.37. The van der Waals surface area contributed by atoms with Gasteiger partial charge in [-0.2, -0.15) is 0 Å². The Morgan fingerprint density at radius 2 is 1.82 bits per heavy atom. The van der Waals surface area contributed by atoms with E-state index >= 15 is 0 Å². The van der Waals surface area contributed by atoms with Crippen molar-refractivity contribution in [2.75, 3.05) is 6.54 Å². The highest BCUT2D eigenvalue weighted by molar-refractivity contribution is 9.10. The first-order valence-corrected chi connectivity index (χ1v) is 9.16. The highest BCUT2D eigenvalue weighted by atomic mass is 79.9. The minimum atomic E-state index is -0.592. The van der Waals surface area contributed by atoms with Crippen LogP contribution in [0.25, 0.3) is 17.2 Å². The van der Waals surface area contributed by atoms with Crippen LogP contribution in [-0.2, 0) is 16.1 Å². The molecule has 0 N–H and O–H groups in total. The molecule has 0 fully saturated rings. The van der Waals surface area contributed by atoms with E-state index in [1.165, 1.54) is 4.90 Å². The fourth-order valence-corrected chi connectivity index (χ4v) is 3.10. The predicted molar refractivity (Wildman–Crippen MR) is 104 cm³/mol.